The number of hydrogen-bond donors (Lipinski definition) is 2. The molecule has 1 amide bonds. The Morgan fingerprint density at radius 1 is 1.39 bits per heavy atom. The highest BCUT2D eigenvalue weighted by Gasteiger charge is 2.25. The van der Waals surface area contributed by atoms with Crippen LogP contribution in [0.5, 0.6) is 0 Å². The lowest BCUT2D eigenvalue weighted by molar-refractivity contribution is -0.123. The van der Waals surface area contributed by atoms with Gasteiger partial charge in [0.1, 0.15) is 0 Å². The Kier molecular flexibility index (Phi) is 6.57. The van der Waals surface area contributed by atoms with E-state index < -0.39 is 0 Å². The molecule has 0 unspecified atom stereocenters. The number of aliphatic hydroxyl groups excluding tert-OH is 1. The zero-order chi connectivity index (χ0) is 16.8. The minimum atomic E-state index is -0.324. The SMILES string of the molecule is C[C@@H]1CCN(CC(=O)NC[C@@H](c2ccccc2)N(C)C)C[C@@H]1O. The number of nitrogens with one attached hydrogen (secondary N) is 1. The number of carbonyl (C=O) groups is 1. The van der Waals surface area contributed by atoms with Crippen molar-refractivity contribution in [1.82, 2.24) is 15.1 Å². The molecule has 1 aromatic rings. The van der Waals surface area contributed by atoms with Crippen molar-refractivity contribution >= 4 is 5.91 Å². The van der Waals surface area contributed by atoms with Crippen molar-refractivity contribution < 1.29 is 9.90 Å². The second-order valence-corrected chi connectivity index (χ2v) is 6.76. The van der Waals surface area contributed by atoms with E-state index in [1.54, 1.807) is 0 Å². The summed E-state index contributed by atoms with van der Waals surface area (Å²) in [6.07, 6.45) is 0.620. The van der Waals surface area contributed by atoms with Crippen molar-refractivity contribution in [2.45, 2.75) is 25.5 Å². The summed E-state index contributed by atoms with van der Waals surface area (Å²) in [5.74, 6) is 0.347. The van der Waals surface area contributed by atoms with Gasteiger partial charge in [0.15, 0.2) is 0 Å². The van der Waals surface area contributed by atoms with Gasteiger partial charge in [-0.25, -0.2) is 0 Å². The molecule has 5 nitrogen and oxygen atoms in total. The molecule has 0 aliphatic carbocycles. The Morgan fingerprint density at radius 3 is 2.70 bits per heavy atom. The van der Waals surface area contributed by atoms with Crippen LogP contribution in [0.25, 0.3) is 0 Å². The van der Waals surface area contributed by atoms with E-state index in [1.807, 2.05) is 37.2 Å². The van der Waals surface area contributed by atoms with Gasteiger partial charge in [-0.15, -0.1) is 0 Å². The maximum atomic E-state index is 12.2. The Labute approximate surface area is 139 Å². The van der Waals surface area contributed by atoms with Gasteiger partial charge in [0.2, 0.25) is 5.91 Å². The van der Waals surface area contributed by atoms with E-state index in [0.717, 1.165) is 13.0 Å². The summed E-state index contributed by atoms with van der Waals surface area (Å²) in [6, 6.07) is 10.4. The van der Waals surface area contributed by atoms with Gasteiger partial charge in [0, 0.05) is 13.1 Å². The third-order valence-electron chi connectivity index (χ3n) is 4.67. The average molecular weight is 319 g/mol. The monoisotopic (exact) mass is 319 g/mol. The summed E-state index contributed by atoms with van der Waals surface area (Å²) in [4.78, 5) is 16.4. The number of likely N-dealkylation sites (tertiary alicyclic amines) is 1. The second-order valence-electron chi connectivity index (χ2n) is 6.76. The molecule has 128 valence electrons. The summed E-state index contributed by atoms with van der Waals surface area (Å²) in [5.41, 5.74) is 1.19. The minimum absolute atomic E-state index is 0.0227. The third kappa shape index (κ3) is 5.30. The molecule has 1 fully saturated rings. The predicted molar refractivity (Wildman–Crippen MR) is 92.1 cm³/mol. The fraction of sp³-hybridized carbons (Fsp3) is 0.611. The topological polar surface area (TPSA) is 55.8 Å². The molecule has 1 aliphatic heterocycles. The predicted octanol–water partition coefficient (Wildman–Crippen LogP) is 1.11. The molecule has 0 radical (unpaired) electrons. The van der Waals surface area contributed by atoms with E-state index in [1.165, 1.54) is 5.56 Å². The number of hydrogen-bond acceptors (Lipinski definition) is 4. The average Bonchev–Trinajstić information content (AvgIpc) is 2.52. The maximum Gasteiger partial charge on any atom is 0.234 e. The molecule has 23 heavy (non-hydrogen) atoms. The van der Waals surface area contributed by atoms with Crippen molar-refractivity contribution in [3.63, 3.8) is 0 Å². The number of amides is 1. The Morgan fingerprint density at radius 2 is 2.09 bits per heavy atom. The van der Waals surface area contributed by atoms with Crippen molar-refractivity contribution in [3.8, 4) is 0 Å². The van der Waals surface area contributed by atoms with E-state index in [4.69, 9.17) is 0 Å². The van der Waals surface area contributed by atoms with Gasteiger partial charge in [0.25, 0.3) is 0 Å². The van der Waals surface area contributed by atoms with Crippen molar-refractivity contribution in [3.05, 3.63) is 35.9 Å². The number of carbonyl (C=O) groups excluding carboxylic acids is 1. The number of rotatable bonds is 6. The number of benzene rings is 1. The second kappa shape index (κ2) is 8.43. The van der Waals surface area contributed by atoms with Crippen LogP contribution in [0.4, 0.5) is 0 Å². The first-order chi connectivity index (χ1) is 11.0. The molecule has 0 aromatic heterocycles. The van der Waals surface area contributed by atoms with Gasteiger partial charge in [-0.2, -0.15) is 0 Å². The first kappa shape index (κ1) is 17.9. The highest BCUT2D eigenvalue weighted by atomic mass is 16.3. The third-order valence-corrected chi connectivity index (χ3v) is 4.67. The van der Waals surface area contributed by atoms with E-state index >= 15 is 0 Å². The quantitative estimate of drug-likeness (QED) is 0.825. The Balaban J connectivity index is 1.83. The van der Waals surface area contributed by atoms with Crippen LogP contribution in [0.1, 0.15) is 24.9 Å². The van der Waals surface area contributed by atoms with Gasteiger partial charge < -0.3 is 15.3 Å². The van der Waals surface area contributed by atoms with E-state index in [0.29, 0.717) is 25.6 Å². The van der Waals surface area contributed by atoms with Crippen molar-refractivity contribution in [2.75, 3.05) is 40.3 Å². The molecular formula is C18H29N3O2. The van der Waals surface area contributed by atoms with Crippen LogP contribution in [0, 0.1) is 5.92 Å². The lowest BCUT2D eigenvalue weighted by Gasteiger charge is -2.34. The molecule has 0 saturated carbocycles. The maximum absolute atomic E-state index is 12.2. The molecule has 1 aromatic carbocycles. The van der Waals surface area contributed by atoms with Gasteiger partial charge >= 0.3 is 0 Å². The number of β-amino-alcohol motifs (C(OH)–C–C–N with tert-alkyl or cyclic N) is 1. The van der Waals surface area contributed by atoms with Gasteiger partial charge in [-0.3, -0.25) is 9.69 Å². The molecule has 2 N–H and O–H groups in total. The smallest absolute Gasteiger partial charge is 0.234 e. The normalized spacial score (nSPS) is 23.7. The van der Waals surface area contributed by atoms with E-state index in [9.17, 15) is 9.90 Å². The molecule has 3 atom stereocenters. The molecule has 2 rings (SSSR count). The van der Waals surface area contributed by atoms with E-state index in [2.05, 4.69) is 29.3 Å². The molecule has 1 heterocycles. The molecule has 1 aliphatic rings. The standard InChI is InChI=1S/C18H29N3O2/c1-14-9-10-21(12-17(14)22)13-18(23)19-11-16(20(2)3)15-7-5-4-6-8-15/h4-8,14,16-17,22H,9-13H2,1-3H3,(H,19,23)/t14-,16+,17+/m1/s1. The molecule has 1 saturated heterocycles. The Bertz CT molecular complexity index is 492. The minimum Gasteiger partial charge on any atom is -0.392 e. The largest absolute Gasteiger partial charge is 0.392 e. The summed E-state index contributed by atoms with van der Waals surface area (Å²) in [7, 11) is 4.04. The lowest BCUT2D eigenvalue weighted by atomic mass is 9.96. The van der Waals surface area contributed by atoms with E-state index in [-0.39, 0.29) is 18.1 Å². The lowest BCUT2D eigenvalue weighted by Crippen LogP contribution is -2.47. The first-order valence-electron chi connectivity index (χ1n) is 8.36. The van der Waals surface area contributed by atoms with Crippen LogP contribution in [0.3, 0.4) is 0 Å². The zero-order valence-corrected chi connectivity index (χ0v) is 14.4. The highest BCUT2D eigenvalue weighted by molar-refractivity contribution is 5.78. The van der Waals surface area contributed by atoms with Crippen molar-refractivity contribution in [2.24, 2.45) is 5.92 Å². The highest BCUT2D eigenvalue weighted by Crippen LogP contribution is 2.18. The summed E-state index contributed by atoms with van der Waals surface area (Å²) < 4.78 is 0. The summed E-state index contributed by atoms with van der Waals surface area (Å²) in [6.45, 7) is 4.47. The first-order valence-corrected chi connectivity index (χ1v) is 8.36. The molecule has 0 spiro atoms. The van der Waals surface area contributed by atoms with Crippen molar-refractivity contribution in [1.29, 1.82) is 0 Å². The zero-order valence-electron chi connectivity index (χ0n) is 14.4. The molecule has 5 heteroatoms. The molecular weight excluding hydrogens is 290 g/mol. The van der Waals surface area contributed by atoms with Gasteiger partial charge in [-0.1, -0.05) is 37.3 Å². The summed E-state index contributed by atoms with van der Waals surface area (Å²) in [5, 5.41) is 13.0. The van der Waals surface area contributed by atoms with Gasteiger partial charge in [-0.05, 0) is 38.5 Å². The van der Waals surface area contributed by atoms with Crippen LogP contribution >= 0.6 is 0 Å². The van der Waals surface area contributed by atoms with Crippen LogP contribution in [-0.2, 0) is 4.79 Å². The number of nitrogens with zero attached hydrogens (tertiary/aromatic N) is 2. The van der Waals surface area contributed by atoms with Crippen LogP contribution in [0.15, 0.2) is 30.3 Å². The summed E-state index contributed by atoms with van der Waals surface area (Å²) >= 11 is 0. The van der Waals surface area contributed by atoms with Crippen LogP contribution in [0.2, 0.25) is 0 Å². The number of aliphatic hydroxyl groups is 1. The van der Waals surface area contributed by atoms with Gasteiger partial charge in [0.05, 0.1) is 18.7 Å². The van der Waals surface area contributed by atoms with Crippen LogP contribution in [-0.4, -0.2) is 67.2 Å². The van der Waals surface area contributed by atoms with Crippen LogP contribution < -0.4 is 5.32 Å². The molecule has 0 bridgehead atoms. The fourth-order valence-electron chi connectivity index (χ4n) is 3.00. The number of likely N-dealkylation sites (N-methyl/N-ethyl adjacent to an activating group) is 1. The Hall–Kier alpha value is -1.43. The fourth-order valence-corrected chi connectivity index (χ4v) is 3.00. The number of piperidine rings is 1.